The number of nitro benzene ring substituents is 1. The molecule has 0 aliphatic rings. The molecule has 0 saturated carbocycles. The van der Waals surface area contributed by atoms with Crippen molar-refractivity contribution >= 4 is 17.6 Å². The molecule has 0 fully saturated rings. The second-order valence-electron chi connectivity index (χ2n) is 6.65. The Balaban J connectivity index is 1.99. The lowest BCUT2D eigenvalue weighted by Gasteiger charge is -2.23. The molecule has 0 aliphatic carbocycles. The Morgan fingerprint density at radius 1 is 0.867 bits per heavy atom. The van der Waals surface area contributed by atoms with Gasteiger partial charge in [0.1, 0.15) is 0 Å². The molecular formula is C23H20N2O5. The Morgan fingerprint density at radius 2 is 1.37 bits per heavy atom. The van der Waals surface area contributed by atoms with E-state index in [0.717, 1.165) is 17.2 Å². The van der Waals surface area contributed by atoms with E-state index in [0.29, 0.717) is 13.1 Å². The lowest BCUT2D eigenvalue weighted by atomic mass is 10.1. The number of carbonyl (C=O) groups is 2. The van der Waals surface area contributed by atoms with E-state index in [-0.39, 0.29) is 16.8 Å². The molecular weight excluding hydrogens is 384 g/mol. The van der Waals surface area contributed by atoms with Gasteiger partial charge < -0.3 is 9.64 Å². The maximum absolute atomic E-state index is 13.3. The number of nitro groups is 1. The van der Waals surface area contributed by atoms with E-state index < -0.39 is 16.8 Å². The van der Waals surface area contributed by atoms with Crippen molar-refractivity contribution in [3.63, 3.8) is 0 Å². The fraction of sp³-hybridized carbons (Fsp3) is 0.130. The van der Waals surface area contributed by atoms with Crippen molar-refractivity contribution in [2.24, 2.45) is 0 Å². The van der Waals surface area contributed by atoms with Crippen molar-refractivity contribution in [2.75, 3.05) is 7.11 Å². The lowest BCUT2D eigenvalue weighted by Crippen LogP contribution is -2.30. The predicted octanol–water partition coefficient (Wildman–Crippen LogP) is 4.22. The summed E-state index contributed by atoms with van der Waals surface area (Å²) in [4.78, 5) is 37.6. The summed E-state index contributed by atoms with van der Waals surface area (Å²) >= 11 is 0. The van der Waals surface area contributed by atoms with Crippen LogP contribution < -0.4 is 0 Å². The molecule has 0 radical (unpaired) electrons. The van der Waals surface area contributed by atoms with Gasteiger partial charge in [-0.15, -0.1) is 0 Å². The van der Waals surface area contributed by atoms with Crippen LogP contribution in [0.5, 0.6) is 0 Å². The molecule has 30 heavy (non-hydrogen) atoms. The van der Waals surface area contributed by atoms with Crippen LogP contribution in [0, 0.1) is 10.1 Å². The summed E-state index contributed by atoms with van der Waals surface area (Å²) in [5.74, 6) is -1.16. The number of hydrogen-bond donors (Lipinski definition) is 0. The number of non-ortho nitro benzene ring substituents is 1. The van der Waals surface area contributed by atoms with Crippen LogP contribution >= 0.6 is 0 Å². The first-order valence-corrected chi connectivity index (χ1v) is 9.23. The van der Waals surface area contributed by atoms with Gasteiger partial charge in [-0.05, 0) is 17.2 Å². The number of carbonyl (C=O) groups excluding carboxylic acids is 2. The van der Waals surface area contributed by atoms with Gasteiger partial charge in [-0.1, -0.05) is 60.7 Å². The monoisotopic (exact) mass is 404 g/mol. The van der Waals surface area contributed by atoms with Gasteiger partial charge in [-0.25, -0.2) is 4.79 Å². The van der Waals surface area contributed by atoms with E-state index in [2.05, 4.69) is 4.74 Å². The molecule has 0 heterocycles. The Labute approximate surface area is 173 Å². The summed E-state index contributed by atoms with van der Waals surface area (Å²) in [6.07, 6.45) is 0. The highest BCUT2D eigenvalue weighted by atomic mass is 16.6. The molecule has 0 atom stereocenters. The third-order valence-electron chi connectivity index (χ3n) is 4.52. The minimum absolute atomic E-state index is 0.0468. The molecule has 0 saturated heterocycles. The van der Waals surface area contributed by atoms with Crippen molar-refractivity contribution in [2.45, 2.75) is 13.1 Å². The van der Waals surface area contributed by atoms with Crippen LogP contribution in [-0.2, 0) is 17.8 Å². The number of amides is 1. The number of rotatable bonds is 7. The molecule has 0 spiro atoms. The zero-order valence-electron chi connectivity index (χ0n) is 16.4. The SMILES string of the molecule is COC(=O)c1cc(C(=O)N(Cc2ccccc2)Cc2ccccc2)cc([N+](=O)[O-])c1. The van der Waals surface area contributed by atoms with Crippen LogP contribution in [0.2, 0.25) is 0 Å². The van der Waals surface area contributed by atoms with Gasteiger partial charge >= 0.3 is 5.97 Å². The molecule has 0 N–H and O–H groups in total. The second-order valence-corrected chi connectivity index (χ2v) is 6.65. The quantitative estimate of drug-likeness (QED) is 0.334. The van der Waals surface area contributed by atoms with Gasteiger partial charge in [0.25, 0.3) is 11.6 Å². The lowest BCUT2D eigenvalue weighted by molar-refractivity contribution is -0.384. The average molecular weight is 404 g/mol. The van der Waals surface area contributed by atoms with E-state index >= 15 is 0 Å². The summed E-state index contributed by atoms with van der Waals surface area (Å²) in [6, 6.07) is 22.5. The number of esters is 1. The van der Waals surface area contributed by atoms with Crippen molar-refractivity contribution in [1.29, 1.82) is 0 Å². The van der Waals surface area contributed by atoms with Gasteiger partial charge in [-0.3, -0.25) is 14.9 Å². The fourth-order valence-electron chi connectivity index (χ4n) is 3.07. The third kappa shape index (κ3) is 5.08. The van der Waals surface area contributed by atoms with Crippen molar-refractivity contribution in [1.82, 2.24) is 4.90 Å². The molecule has 152 valence electrons. The molecule has 3 aromatic rings. The van der Waals surface area contributed by atoms with Crippen LogP contribution in [0.4, 0.5) is 5.69 Å². The largest absolute Gasteiger partial charge is 0.465 e. The highest BCUT2D eigenvalue weighted by molar-refractivity contribution is 5.99. The van der Waals surface area contributed by atoms with Crippen LogP contribution in [-0.4, -0.2) is 28.8 Å². The maximum Gasteiger partial charge on any atom is 0.338 e. The van der Waals surface area contributed by atoms with Crippen molar-refractivity contribution in [3.8, 4) is 0 Å². The zero-order chi connectivity index (χ0) is 21.5. The highest BCUT2D eigenvalue weighted by Crippen LogP contribution is 2.21. The number of methoxy groups -OCH3 is 1. The fourth-order valence-corrected chi connectivity index (χ4v) is 3.07. The standard InChI is InChI=1S/C23H20N2O5/c1-30-23(27)20-12-19(13-21(14-20)25(28)29)22(26)24(15-17-8-4-2-5-9-17)16-18-10-6-3-7-11-18/h2-14H,15-16H2,1H3. The molecule has 3 aromatic carbocycles. The smallest absolute Gasteiger partial charge is 0.338 e. The first-order valence-electron chi connectivity index (χ1n) is 9.23. The maximum atomic E-state index is 13.3. The molecule has 7 nitrogen and oxygen atoms in total. The Morgan fingerprint density at radius 3 is 1.83 bits per heavy atom. The van der Waals surface area contributed by atoms with Crippen LogP contribution in [0.1, 0.15) is 31.8 Å². The summed E-state index contributed by atoms with van der Waals surface area (Å²) in [5.41, 5.74) is 1.49. The first kappa shape index (κ1) is 20.7. The van der Waals surface area contributed by atoms with E-state index in [4.69, 9.17) is 0 Å². The highest BCUT2D eigenvalue weighted by Gasteiger charge is 2.22. The molecule has 0 bridgehead atoms. The van der Waals surface area contributed by atoms with E-state index in [1.807, 2.05) is 60.7 Å². The number of ether oxygens (including phenoxy) is 1. The Kier molecular flexibility index (Phi) is 6.54. The summed E-state index contributed by atoms with van der Waals surface area (Å²) in [7, 11) is 1.18. The van der Waals surface area contributed by atoms with Gasteiger partial charge in [0.15, 0.2) is 0 Å². The van der Waals surface area contributed by atoms with Crippen LogP contribution in [0.15, 0.2) is 78.9 Å². The molecule has 0 unspecified atom stereocenters. The predicted molar refractivity (Wildman–Crippen MR) is 111 cm³/mol. The van der Waals surface area contributed by atoms with Gasteiger partial charge in [0.2, 0.25) is 0 Å². The van der Waals surface area contributed by atoms with Gasteiger partial charge in [0.05, 0.1) is 17.6 Å². The van der Waals surface area contributed by atoms with E-state index in [9.17, 15) is 19.7 Å². The van der Waals surface area contributed by atoms with Crippen LogP contribution in [0.25, 0.3) is 0 Å². The minimum atomic E-state index is -0.745. The van der Waals surface area contributed by atoms with Gasteiger partial charge in [-0.2, -0.15) is 0 Å². The molecule has 3 rings (SSSR count). The normalized spacial score (nSPS) is 10.3. The molecule has 0 aromatic heterocycles. The summed E-state index contributed by atoms with van der Waals surface area (Å²) in [5, 5.41) is 11.3. The van der Waals surface area contributed by atoms with Crippen molar-refractivity contribution in [3.05, 3.63) is 111 Å². The molecule has 0 aliphatic heterocycles. The van der Waals surface area contributed by atoms with Gasteiger partial charge in [0, 0.05) is 30.8 Å². The summed E-state index contributed by atoms with van der Waals surface area (Å²) < 4.78 is 4.67. The Hall–Kier alpha value is -4.00. The van der Waals surface area contributed by atoms with Crippen LogP contribution in [0.3, 0.4) is 0 Å². The van der Waals surface area contributed by atoms with E-state index in [1.54, 1.807) is 4.90 Å². The molecule has 1 amide bonds. The molecule has 7 heteroatoms. The average Bonchev–Trinajstić information content (AvgIpc) is 2.78. The second kappa shape index (κ2) is 9.47. The third-order valence-corrected chi connectivity index (χ3v) is 4.52. The number of nitrogens with zero attached hydrogens (tertiary/aromatic N) is 2. The minimum Gasteiger partial charge on any atom is -0.465 e. The first-order chi connectivity index (χ1) is 14.5. The number of benzene rings is 3. The Bertz CT molecular complexity index is 1010. The number of hydrogen-bond acceptors (Lipinski definition) is 5. The van der Waals surface area contributed by atoms with E-state index in [1.165, 1.54) is 19.2 Å². The van der Waals surface area contributed by atoms with Crippen molar-refractivity contribution < 1.29 is 19.2 Å². The zero-order valence-corrected chi connectivity index (χ0v) is 16.4. The summed E-state index contributed by atoms with van der Waals surface area (Å²) in [6.45, 7) is 0.621. The topological polar surface area (TPSA) is 89.8 Å².